The maximum Gasteiger partial charge on any atom is 0.0125 e. The van der Waals surface area contributed by atoms with Crippen molar-refractivity contribution < 1.29 is 0 Å². The summed E-state index contributed by atoms with van der Waals surface area (Å²) in [4.78, 5) is 10.4. The van der Waals surface area contributed by atoms with E-state index < -0.39 is 0 Å². The maximum atomic E-state index is 2.63. The lowest BCUT2D eigenvalue weighted by molar-refractivity contribution is 0.0876. The van der Waals surface area contributed by atoms with Gasteiger partial charge in [-0.05, 0) is 205 Å². The number of nitrogens with zero attached hydrogens (tertiary/aromatic N) is 4. The number of likely N-dealkylation sites (tertiary alicyclic amines) is 4. The molecule has 4 heterocycles. The summed E-state index contributed by atoms with van der Waals surface area (Å²) < 4.78 is 0. The van der Waals surface area contributed by atoms with E-state index in [0.29, 0.717) is 22.2 Å². The van der Waals surface area contributed by atoms with Gasteiger partial charge in [0.2, 0.25) is 0 Å². The summed E-state index contributed by atoms with van der Waals surface area (Å²) in [6.07, 6.45) is 21.0. The maximum absolute atomic E-state index is 2.63. The largest absolute Gasteiger partial charge is 0.298 e. The molecule has 292 valence electrons. The van der Waals surface area contributed by atoms with Crippen molar-refractivity contribution >= 4 is 0 Å². The van der Waals surface area contributed by atoms with Gasteiger partial charge in [0.25, 0.3) is 0 Å². The number of hydrogen-bond acceptors (Lipinski definition) is 4. The molecule has 4 aliphatic heterocycles. The minimum atomic E-state index is 0.345. The predicted molar refractivity (Wildman–Crippen MR) is 224 cm³/mol. The first-order chi connectivity index (χ1) is 23.4. The predicted octanol–water partition coefficient (Wildman–Crippen LogP) is 11.7. The Balaban J connectivity index is 0.000000237. The SMILES string of the molecule is CC(C)(C)N1CCC(Cc2ccccc2)CC1.CC(C)(C)N1CCCCC1.CC(C)(C)N1CCCCCC1.CC(C)(C)N1CCCCCCC1. The van der Waals surface area contributed by atoms with Gasteiger partial charge in [-0.2, -0.15) is 0 Å². The first kappa shape index (κ1) is 45.2. The van der Waals surface area contributed by atoms with E-state index in [0.717, 1.165) is 5.92 Å². The van der Waals surface area contributed by atoms with E-state index in [1.165, 1.54) is 154 Å². The van der Waals surface area contributed by atoms with Crippen LogP contribution in [0, 0.1) is 5.92 Å². The van der Waals surface area contributed by atoms with Gasteiger partial charge >= 0.3 is 0 Å². The second-order valence-corrected chi connectivity index (χ2v) is 20.0. The van der Waals surface area contributed by atoms with Gasteiger partial charge in [0.05, 0.1) is 0 Å². The van der Waals surface area contributed by atoms with Crippen LogP contribution in [0.15, 0.2) is 30.3 Å². The smallest absolute Gasteiger partial charge is 0.0125 e. The molecule has 0 aliphatic carbocycles. The lowest BCUT2D eigenvalue weighted by Crippen LogP contribution is -2.46. The average Bonchev–Trinajstić information content (AvgIpc) is 3.32. The third kappa shape index (κ3) is 19.2. The van der Waals surface area contributed by atoms with E-state index >= 15 is 0 Å². The van der Waals surface area contributed by atoms with Crippen LogP contribution in [0.5, 0.6) is 0 Å². The summed E-state index contributed by atoms with van der Waals surface area (Å²) in [5, 5.41) is 0. The van der Waals surface area contributed by atoms with E-state index in [4.69, 9.17) is 0 Å². The van der Waals surface area contributed by atoms with Gasteiger partial charge < -0.3 is 0 Å². The molecule has 1 aromatic rings. The summed E-state index contributed by atoms with van der Waals surface area (Å²) in [5.41, 5.74) is 3.03. The number of piperidine rings is 2. The molecule has 50 heavy (non-hydrogen) atoms. The molecule has 0 radical (unpaired) electrons. The Morgan fingerprint density at radius 3 is 0.940 bits per heavy atom. The van der Waals surface area contributed by atoms with Gasteiger partial charge in [0.15, 0.2) is 0 Å². The summed E-state index contributed by atoms with van der Waals surface area (Å²) in [6.45, 7) is 38.2. The molecule has 0 spiro atoms. The van der Waals surface area contributed by atoms with Crippen molar-refractivity contribution in [1.82, 2.24) is 19.6 Å². The van der Waals surface area contributed by atoms with Crippen LogP contribution >= 0.6 is 0 Å². The highest BCUT2D eigenvalue weighted by molar-refractivity contribution is 5.15. The lowest BCUT2D eigenvalue weighted by atomic mass is 9.88. The summed E-state index contributed by atoms with van der Waals surface area (Å²) in [6, 6.07) is 10.9. The van der Waals surface area contributed by atoms with Crippen molar-refractivity contribution in [3.63, 3.8) is 0 Å². The minimum absolute atomic E-state index is 0.345. The molecular formula is C46H88N4. The second kappa shape index (κ2) is 22.3. The normalized spacial score (nSPS) is 21.9. The summed E-state index contributed by atoms with van der Waals surface area (Å²) in [7, 11) is 0. The van der Waals surface area contributed by atoms with Gasteiger partial charge in [-0.1, -0.05) is 68.9 Å². The van der Waals surface area contributed by atoms with E-state index in [1.54, 1.807) is 0 Å². The standard InChI is InChI=1S/C16H25N.C11H23N.C10H21N.C9H19N/c1-16(2,3)17-11-9-15(10-12-17)13-14-7-5-4-6-8-14;1-11(2,3)12-9-7-5-4-6-8-10-12;1-10(2,3)11-8-6-4-5-7-9-11;1-9(2,3)10-7-5-4-6-8-10/h4-8,15H,9-13H2,1-3H3;4-10H2,1-3H3;4-9H2,1-3H3;4-8H2,1-3H3. The molecule has 4 aliphatic rings. The second-order valence-electron chi connectivity index (χ2n) is 20.0. The average molecular weight is 697 g/mol. The van der Waals surface area contributed by atoms with E-state index in [2.05, 4.69) is 133 Å². The Hall–Kier alpha value is -0.940. The molecule has 0 amide bonds. The first-order valence-corrected chi connectivity index (χ1v) is 21.4. The molecule has 0 N–H and O–H groups in total. The molecule has 0 saturated carbocycles. The van der Waals surface area contributed by atoms with Gasteiger partial charge in [-0.3, -0.25) is 19.6 Å². The zero-order valence-electron chi connectivity index (χ0n) is 36.0. The van der Waals surface area contributed by atoms with E-state index in [9.17, 15) is 0 Å². The van der Waals surface area contributed by atoms with Crippen molar-refractivity contribution in [3.05, 3.63) is 35.9 Å². The van der Waals surface area contributed by atoms with Gasteiger partial charge in [-0.25, -0.2) is 0 Å². The van der Waals surface area contributed by atoms with Crippen LogP contribution < -0.4 is 0 Å². The molecule has 4 heteroatoms. The highest BCUT2D eigenvalue weighted by Crippen LogP contribution is 2.26. The van der Waals surface area contributed by atoms with Crippen LogP contribution in [0.3, 0.4) is 0 Å². The summed E-state index contributed by atoms with van der Waals surface area (Å²) >= 11 is 0. The Morgan fingerprint density at radius 2 is 0.640 bits per heavy atom. The zero-order chi connectivity index (χ0) is 37.3. The molecule has 0 atom stereocenters. The zero-order valence-corrected chi connectivity index (χ0v) is 36.0. The molecule has 4 saturated heterocycles. The molecule has 5 rings (SSSR count). The van der Waals surface area contributed by atoms with Crippen LogP contribution in [0.25, 0.3) is 0 Å². The van der Waals surface area contributed by atoms with Crippen LogP contribution in [-0.2, 0) is 6.42 Å². The molecule has 0 bridgehead atoms. The molecule has 0 unspecified atom stereocenters. The summed E-state index contributed by atoms with van der Waals surface area (Å²) in [5.74, 6) is 0.885. The van der Waals surface area contributed by atoms with E-state index in [1.807, 2.05) is 0 Å². The monoisotopic (exact) mass is 697 g/mol. The minimum Gasteiger partial charge on any atom is -0.298 e. The van der Waals surface area contributed by atoms with Crippen LogP contribution in [-0.4, -0.2) is 94.1 Å². The molecule has 4 fully saturated rings. The molecule has 4 nitrogen and oxygen atoms in total. The molecule has 0 aromatic heterocycles. The Bertz CT molecular complexity index is 947. The van der Waals surface area contributed by atoms with Gasteiger partial charge in [0, 0.05) is 22.2 Å². The van der Waals surface area contributed by atoms with E-state index in [-0.39, 0.29) is 0 Å². The molecule has 1 aromatic carbocycles. The molecular weight excluding hydrogens is 609 g/mol. The number of rotatable bonds is 2. The quantitative estimate of drug-likeness (QED) is 0.305. The fraction of sp³-hybridized carbons (Fsp3) is 0.870. The number of benzene rings is 1. The van der Waals surface area contributed by atoms with Gasteiger partial charge in [0.1, 0.15) is 0 Å². The van der Waals surface area contributed by atoms with Crippen LogP contribution in [0.2, 0.25) is 0 Å². The van der Waals surface area contributed by atoms with Crippen molar-refractivity contribution in [1.29, 1.82) is 0 Å². The van der Waals surface area contributed by atoms with Crippen LogP contribution in [0.1, 0.15) is 179 Å². The highest BCUT2D eigenvalue weighted by Gasteiger charge is 2.27. The first-order valence-electron chi connectivity index (χ1n) is 21.4. The number of hydrogen-bond donors (Lipinski definition) is 0. The van der Waals surface area contributed by atoms with Crippen LogP contribution in [0.4, 0.5) is 0 Å². The Morgan fingerprint density at radius 1 is 0.380 bits per heavy atom. The van der Waals surface area contributed by atoms with Crippen molar-refractivity contribution in [3.8, 4) is 0 Å². The van der Waals surface area contributed by atoms with Crippen molar-refractivity contribution in [2.75, 3.05) is 52.4 Å². The van der Waals surface area contributed by atoms with Crippen molar-refractivity contribution in [2.45, 2.75) is 202 Å². The Labute approximate surface area is 314 Å². The fourth-order valence-corrected chi connectivity index (χ4v) is 7.98. The fourth-order valence-electron chi connectivity index (χ4n) is 7.98. The Kier molecular flexibility index (Phi) is 20.2. The van der Waals surface area contributed by atoms with Crippen molar-refractivity contribution in [2.24, 2.45) is 5.92 Å². The topological polar surface area (TPSA) is 13.0 Å². The lowest BCUT2D eigenvalue weighted by Gasteiger charge is -2.41. The highest BCUT2D eigenvalue weighted by atomic mass is 15.2. The third-order valence-electron chi connectivity index (χ3n) is 11.6. The van der Waals surface area contributed by atoms with Gasteiger partial charge in [-0.15, -0.1) is 0 Å². The third-order valence-corrected chi connectivity index (χ3v) is 11.6.